The van der Waals surface area contributed by atoms with Gasteiger partial charge in [-0.2, -0.15) is 0 Å². The average molecular weight is 290 g/mol. The van der Waals surface area contributed by atoms with Crippen LogP contribution in [-0.4, -0.2) is 36.8 Å². The van der Waals surface area contributed by atoms with Crippen molar-refractivity contribution in [1.82, 2.24) is 5.32 Å². The Kier molecular flexibility index (Phi) is 5.62. The summed E-state index contributed by atoms with van der Waals surface area (Å²) in [5.41, 5.74) is 1.25. The molecule has 1 saturated heterocycles. The molecule has 2 unspecified atom stereocenters. The third-order valence-electron chi connectivity index (χ3n) is 4.16. The van der Waals surface area contributed by atoms with Crippen LogP contribution in [0.1, 0.15) is 26.7 Å². The van der Waals surface area contributed by atoms with E-state index >= 15 is 0 Å². The van der Waals surface area contributed by atoms with E-state index in [4.69, 9.17) is 0 Å². The number of nitrogens with zero attached hydrogens (tertiary/aromatic N) is 1. The van der Waals surface area contributed by atoms with Gasteiger partial charge in [0.1, 0.15) is 0 Å². The van der Waals surface area contributed by atoms with Gasteiger partial charge in [0.15, 0.2) is 0 Å². The Bertz CT molecular complexity index is 447. The molecule has 1 fully saturated rings. The van der Waals surface area contributed by atoms with Crippen LogP contribution in [0.3, 0.4) is 0 Å². The van der Waals surface area contributed by atoms with Gasteiger partial charge in [-0.1, -0.05) is 32.0 Å². The van der Waals surface area contributed by atoms with Gasteiger partial charge in [-0.15, -0.1) is 0 Å². The molecule has 21 heavy (non-hydrogen) atoms. The highest BCUT2D eigenvalue weighted by atomic mass is 16.3. The number of carbonyl (C=O) groups is 1. The smallest absolute Gasteiger partial charge is 0.222 e. The van der Waals surface area contributed by atoms with Crippen molar-refractivity contribution in [2.24, 2.45) is 11.8 Å². The first-order valence-electron chi connectivity index (χ1n) is 7.81. The average Bonchev–Trinajstić information content (AvgIpc) is 2.95. The second kappa shape index (κ2) is 7.46. The maximum absolute atomic E-state index is 11.8. The molecule has 0 radical (unpaired) electrons. The largest absolute Gasteiger partial charge is 0.392 e. The first-order chi connectivity index (χ1) is 10.1. The number of hydrogen-bond donors (Lipinski definition) is 2. The van der Waals surface area contributed by atoms with Crippen molar-refractivity contribution in [2.75, 3.05) is 24.5 Å². The van der Waals surface area contributed by atoms with Crippen LogP contribution < -0.4 is 10.2 Å². The first-order valence-corrected chi connectivity index (χ1v) is 7.81. The van der Waals surface area contributed by atoms with Gasteiger partial charge in [0.2, 0.25) is 5.91 Å². The summed E-state index contributed by atoms with van der Waals surface area (Å²) in [5, 5.41) is 12.7. The molecule has 2 rings (SSSR count). The summed E-state index contributed by atoms with van der Waals surface area (Å²) >= 11 is 0. The SMILES string of the molecule is CC(C)C(O)CC(=O)NCC1CCN(c2ccccc2)C1. The molecule has 0 aromatic heterocycles. The van der Waals surface area contributed by atoms with Crippen molar-refractivity contribution >= 4 is 11.6 Å². The summed E-state index contributed by atoms with van der Waals surface area (Å²) in [6.45, 7) is 6.57. The third-order valence-corrected chi connectivity index (χ3v) is 4.16. The summed E-state index contributed by atoms with van der Waals surface area (Å²) in [5.74, 6) is 0.565. The number of nitrogens with one attached hydrogen (secondary N) is 1. The van der Waals surface area contributed by atoms with Crippen molar-refractivity contribution < 1.29 is 9.90 Å². The number of carbonyl (C=O) groups excluding carboxylic acids is 1. The fourth-order valence-corrected chi connectivity index (χ4v) is 2.63. The second-order valence-corrected chi connectivity index (χ2v) is 6.26. The topological polar surface area (TPSA) is 52.6 Å². The number of amides is 1. The minimum atomic E-state index is -0.547. The predicted molar refractivity (Wildman–Crippen MR) is 85.2 cm³/mol. The zero-order chi connectivity index (χ0) is 15.2. The van der Waals surface area contributed by atoms with E-state index in [-0.39, 0.29) is 18.2 Å². The van der Waals surface area contributed by atoms with Crippen molar-refractivity contribution in [3.63, 3.8) is 0 Å². The maximum atomic E-state index is 11.8. The van der Waals surface area contributed by atoms with E-state index in [0.717, 1.165) is 19.5 Å². The first kappa shape index (κ1) is 15.8. The molecule has 0 spiro atoms. The quantitative estimate of drug-likeness (QED) is 0.843. The van der Waals surface area contributed by atoms with E-state index in [9.17, 15) is 9.90 Å². The fourth-order valence-electron chi connectivity index (χ4n) is 2.63. The van der Waals surface area contributed by atoms with E-state index in [1.54, 1.807) is 0 Å². The Labute approximate surface area is 127 Å². The van der Waals surface area contributed by atoms with E-state index in [0.29, 0.717) is 12.5 Å². The van der Waals surface area contributed by atoms with Gasteiger partial charge in [0.25, 0.3) is 0 Å². The predicted octanol–water partition coefficient (Wildman–Crippen LogP) is 2.04. The Balaban J connectivity index is 1.72. The Morgan fingerprint density at radius 2 is 2.10 bits per heavy atom. The van der Waals surface area contributed by atoms with Crippen LogP contribution in [0.2, 0.25) is 0 Å². The lowest BCUT2D eigenvalue weighted by molar-refractivity contribution is -0.123. The Hall–Kier alpha value is -1.55. The highest BCUT2D eigenvalue weighted by Gasteiger charge is 2.23. The Morgan fingerprint density at radius 1 is 1.38 bits per heavy atom. The minimum Gasteiger partial charge on any atom is -0.392 e. The van der Waals surface area contributed by atoms with Gasteiger partial charge in [0, 0.05) is 25.3 Å². The molecule has 1 aromatic carbocycles. The summed E-state index contributed by atoms with van der Waals surface area (Å²) < 4.78 is 0. The minimum absolute atomic E-state index is 0.0469. The van der Waals surface area contributed by atoms with E-state index in [2.05, 4.69) is 34.5 Å². The van der Waals surface area contributed by atoms with E-state index < -0.39 is 6.10 Å². The van der Waals surface area contributed by atoms with Gasteiger partial charge >= 0.3 is 0 Å². The summed E-state index contributed by atoms with van der Waals surface area (Å²) in [4.78, 5) is 14.1. The zero-order valence-corrected chi connectivity index (χ0v) is 13.0. The zero-order valence-electron chi connectivity index (χ0n) is 13.0. The molecule has 1 amide bonds. The van der Waals surface area contributed by atoms with Crippen LogP contribution in [0.5, 0.6) is 0 Å². The van der Waals surface area contributed by atoms with Crippen molar-refractivity contribution in [2.45, 2.75) is 32.8 Å². The highest BCUT2D eigenvalue weighted by molar-refractivity contribution is 5.76. The van der Waals surface area contributed by atoms with Gasteiger partial charge < -0.3 is 15.3 Å². The number of aliphatic hydroxyl groups excluding tert-OH is 1. The third kappa shape index (κ3) is 4.74. The molecule has 1 aliphatic heterocycles. The van der Waals surface area contributed by atoms with Gasteiger partial charge in [-0.05, 0) is 30.4 Å². The Morgan fingerprint density at radius 3 is 2.76 bits per heavy atom. The van der Waals surface area contributed by atoms with E-state index in [1.165, 1.54) is 5.69 Å². The highest BCUT2D eigenvalue weighted by Crippen LogP contribution is 2.22. The maximum Gasteiger partial charge on any atom is 0.222 e. The van der Waals surface area contributed by atoms with Crippen LogP contribution >= 0.6 is 0 Å². The molecule has 2 atom stereocenters. The molecule has 2 N–H and O–H groups in total. The van der Waals surface area contributed by atoms with Crippen molar-refractivity contribution in [3.8, 4) is 0 Å². The lowest BCUT2D eigenvalue weighted by Crippen LogP contribution is -2.34. The lowest BCUT2D eigenvalue weighted by Gasteiger charge is -2.19. The van der Waals surface area contributed by atoms with Crippen LogP contribution in [0.25, 0.3) is 0 Å². The van der Waals surface area contributed by atoms with Gasteiger partial charge in [0.05, 0.1) is 12.5 Å². The standard InChI is InChI=1S/C17H26N2O2/c1-13(2)16(20)10-17(21)18-11-14-8-9-19(12-14)15-6-4-3-5-7-15/h3-7,13-14,16,20H,8-12H2,1-2H3,(H,18,21). The van der Waals surface area contributed by atoms with Gasteiger partial charge in [-0.3, -0.25) is 4.79 Å². The molecule has 0 saturated carbocycles. The second-order valence-electron chi connectivity index (χ2n) is 6.26. The number of aliphatic hydroxyl groups is 1. The fraction of sp³-hybridized carbons (Fsp3) is 0.588. The van der Waals surface area contributed by atoms with Gasteiger partial charge in [-0.25, -0.2) is 0 Å². The molecule has 0 aliphatic carbocycles. The molecule has 1 aliphatic rings. The normalized spacial score (nSPS) is 19.8. The van der Waals surface area contributed by atoms with Crippen LogP contribution in [0.4, 0.5) is 5.69 Å². The summed E-state index contributed by atoms with van der Waals surface area (Å²) in [6, 6.07) is 10.4. The molecule has 4 heteroatoms. The number of rotatable bonds is 6. The lowest BCUT2D eigenvalue weighted by atomic mass is 10.0. The molecule has 1 heterocycles. The number of benzene rings is 1. The summed E-state index contributed by atoms with van der Waals surface area (Å²) in [7, 11) is 0. The van der Waals surface area contributed by atoms with E-state index in [1.807, 2.05) is 19.9 Å². The molecular weight excluding hydrogens is 264 g/mol. The summed E-state index contributed by atoms with van der Waals surface area (Å²) in [6.07, 6.45) is 0.753. The van der Waals surface area contributed by atoms with Crippen molar-refractivity contribution in [3.05, 3.63) is 30.3 Å². The van der Waals surface area contributed by atoms with Crippen LogP contribution in [0.15, 0.2) is 30.3 Å². The molecular formula is C17H26N2O2. The number of anilines is 1. The molecule has 1 aromatic rings. The molecule has 116 valence electrons. The van der Waals surface area contributed by atoms with Crippen LogP contribution in [0, 0.1) is 11.8 Å². The van der Waals surface area contributed by atoms with Crippen molar-refractivity contribution in [1.29, 1.82) is 0 Å². The number of para-hydroxylation sites is 1. The number of hydrogen-bond acceptors (Lipinski definition) is 3. The molecule has 4 nitrogen and oxygen atoms in total. The van der Waals surface area contributed by atoms with Crippen LogP contribution in [-0.2, 0) is 4.79 Å². The monoisotopic (exact) mass is 290 g/mol. The molecule has 0 bridgehead atoms.